The summed E-state index contributed by atoms with van der Waals surface area (Å²) < 4.78 is 56.0. The molecule has 6 N–H and O–H groups in total. The molecule has 1 aliphatic rings. The molecule has 246 valence electrons. The molecule has 0 unspecified atom stereocenters. The summed E-state index contributed by atoms with van der Waals surface area (Å²) >= 11 is 0. The molecule has 1 fully saturated rings. The van der Waals surface area contributed by atoms with Crippen LogP contribution in [0.2, 0.25) is 0 Å². The van der Waals surface area contributed by atoms with Crippen LogP contribution in [0.15, 0.2) is 33.5 Å². The lowest BCUT2D eigenvalue weighted by Crippen LogP contribution is -2.60. The summed E-state index contributed by atoms with van der Waals surface area (Å²) in [6, 6.07) is 5.41. The number of amides is 2. The van der Waals surface area contributed by atoms with E-state index in [0.717, 1.165) is 6.42 Å². The molecule has 0 saturated carbocycles. The van der Waals surface area contributed by atoms with Gasteiger partial charge in [0.25, 0.3) is 0 Å². The van der Waals surface area contributed by atoms with Crippen LogP contribution in [0.25, 0.3) is 11.0 Å². The lowest BCUT2D eigenvalue weighted by atomic mass is 9.99. The van der Waals surface area contributed by atoms with Crippen molar-refractivity contribution in [2.24, 2.45) is 0 Å². The third-order valence-electron chi connectivity index (χ3n) is 6.30. The number of hydrogen-bond donors (Lipinski definition) is 6. The zero-order chi connectivity index (χ0) is 32.7. The van der Waals surface area contributed by atoms with Gasteiger partial charge >= 0.3 is 22.1 Å². The number of unbranched alkanes of at least 4 members (excludes halogenated alkanes) is 2. The smallest absolute Gasteiger partial charge is 0.407 e. The molecule has 2 aromatic rings. The molecule has 3 rings (SSSR count). The van der Waals surface area contributed by atoms with Gasteiger partial charge in [-0.25, -0.2) is 13.8 Å². The molecule has 1 aromatic heterocycles. The number of benzene rings is 1. The van der Waals surface area contributed by atoms with E-state index in [1.807, 2.05) is 0 Å². The first-order valence-electron chi connectivity index (χ1n) is 13.8. The third-order valence-corrected chi connectivity index (χ3v) is 6.73. The van der Waals surface area contributed by atoms with Gasteiger partial charge in [0.15, 0.2) is 0 Å². The minimum Gasteiger partial charge on any atom is -0.462 e. The van der Waals surface area contributed by atoms with Crippen LogP contribution in [-0.4, -0.2) is 96.3 Å². The van der Waals surface area contributed by atoms with Crippen LogP contribution in [0, 0.1) is 0 Å². The van der Waals surface area contributed by atoms with Crippen LogP contribution in [0.1, 0.15) is 45.6 Å². The van der Waals surface area contributed by atoms with Gasteiger partial charge in [0.2, 0.25) is 12.2 Å². The Kier molecular flexibility index (Phi) is 12.1. The number of aliphatic hydroxyl groups excluding tert-OH is 3. The summed E-state index contributed by atoms with van der Waals surface area (Å²) in [7, 11) is -4.88. The minimum absolute atomic E-state index is 0.00509. The van der Waals surface area contributed by atoms with Crippen LogP contribution < -0.4 is 21.0 Å². The molecule has 2 amide bonds. The molecule has 2 heterocycles. The third kappa shape index (κ3) is 11.0. The average molecular weight is 647 g/mol. The molecule has 44 heavy (non-hydrogen) atoms. The fraction of sp³-hybridized carbons (Fsp3) is 0.593. The Morgan fingerprint density at radius 1 is 0.977 bits per heavy atom. The number of alkyl carbamates (subject to hydrolysis) is 1. The normalized spacial score (nSPS) is 22.4. The number of nitrogens with one attached hydrogen (secondary N) is 2. The first kappa shape index (κ1) is 35.2. The van der Waals surface area contributed by atoms with Crippen molar-refractivity contribution in [2.45, 2.75) is 82.8 Å². The van der Waals surface area contributed by atoms with Gasteiger partial charge in [-0.1, -0.05) is 0 Å². The van der Waals surface area contributed by atoms with Crippen LogP contribution in [0.3, 0.4) is 0 Å². The van der Waals surface area contributed by atoms with E-state index in [1.165, 1.54) is 24.3 Å². The Morgan fingerprint density at radius 3 is 2.32 bits per heavy atom. The zero-order valence-electron chi connectivity index (χ0n) is 24.4. The van der Waals surface area contributed by atoms with E-state index >= 15 is 0 Å². The van der Waals surface area contributed by atoms with Crippen LogP contribution in [0.4, 0.5) is 4.79 Å². The van der Waals surface area contributed by atoms with Crippen molar-refractivity contribution < 1.29 is 60.7 Å². The highest BCUT2D eigenvalue weighted by molar-refractivity contribution is 7.80. The quantitative estimate of drug-likeness (QED) is 0.0965. The Balaban J connectivity index is 1.55. The highest BCUT2D eigenvalue weighted by Gasteiger charge is 2.45. The van der Waals surface area contributed by atoms with Crippen molar-refractivity contribution in [1.82, 2.24) is 10.6 Å². The van der Waals surface area contributed by atoms with Crippen LogP contribution >= 0.6 is 0 Å². The molecule has 17 heteroatoms. The van der Waals surface area contributed by atoms with Crippen molar-refractivity contribution in [2.75, 3.05) is 19.7 Å². The predicted molar refractivity (Wildman–Crippen MR) is 152 cm³/mol. The predicted octanol–water partition coefficient (Wildman–Crippen LogP) is 0.153. The molecule has 0 aliphatic carbocycles. The highest BCUT2D eigenvalue weighted by Crippen LogP contribution is 2.28. The fourth-order valence-corrected chi connectivity index (χ4v) is 4.57. The molecule has 16 nitrogen and oxygen atoms in total. The second-order valence-corrected chi connectivity index (χ2v) is 12.2. The summed E-state index contributed by atoms with van der Waals surface area (Å²) in [5, 5.41) is 36.4. The molecule has 0 bridgehead atoms. The summed E-state index contributed by atoms with van der Waals surface area (Å²) in [6.07, 6.45) is -6.96. The van der Waals surface area contributed by atoms with Gasteiger partial charge in [0, 0.05) is 30.6 Å². The molecule has 1 saturated heterocycles. The standard InChI is InChI=1S/C27H38N2O14S/c1-27(2,3)43-26(35)29-10-6-4-5-9-28-20(30)11-15-12-21(31)41-18-13-16(7-8-17(15)18)40-25-24(34)23(33)22(32)19(42-25)14-39-44(36,37)38/h7-8,12-13,19,22-25,32-34H,4-6,9-11,14H2,1-3H3,(H,28,30)(H,29,35)(H,36,37,38)/t19-,22-,23+,24-,25-/m1/s1. The van der Waals surface area contributed by atoms with Gasteiger partial charge in [0.1, 0.15) is 41.3 Å². The maximum Gasteiger partial charge on any atom is 0.407 e. The Bertz CT molecular complexity index is 1450. The summed E-state index contributed by atoms with van der Waals surface area (Å²) in [5.74, 6) is -0.320. The Hall–Kier alpha value is -3.32. The lowest BCUT2D eigenvalue weighted by molar-refractivity contribution is -0.276. The second-order valence-electron chi connectivity index (χ2n) is 11.1. The van der Waals surface area contributed by atoms with Crippen LogP contribution in [-0.2, 0) is 35.3 Å². The number of aliphatic hydroxyl groups is 3. The van der Waals surface area contributed by atoms with Gasteiger partial charge in [-0.3, -0.25) is 9.35 Å². The molecular weight excluding hydrogens is 608 g/mol. The van der Waals surface area contributed by atoms with Crippen molar-refractivity contribution in [3.05, 3.63) is 40.2 Å². The van der Waals surface area contributed by atoms with Crippen molar-refractivity contribution >= 4 is 33.4 Å². The Labute approximate surface area is 253 Å². The fourth-order valence-electron chi connectivity index (χ4n) is 4.26. The molecule has 5 atom stereocenters. The number of rotatable bonds is 13. The largest absolute Gasteiger partial charge is 0.462 e. The van der Waals surface area contributed by atoms with Gasteiger partial charge in [-0.2, -0.15) is 8.42 Å². The van der Waals surface area contributed by atoms with E-state index in [4.69, 9.17) is 23.2 Å². The first-order valence-corrected chi connectivity index (χ1v) is 15.2. The zero-order valence-corrected chi connectivity index (χ0v) is 25.2. The van der Waals surface area contributed by atoms with Crippen molar-refractivity contribution in [3.63, 3.8) is 0 Å². The number of ether oxygens (including phenoxy) is 3. The van der Waals surface area contributed by atoms with Gasteiger partial charge in [-0.05, 0) is 57.7 Å². The van der Waals surface area contributed by atoms with E-state index < -0.39 is 65.0 Å². The SMILES string of the molecule is CC(C)(C)OC(=O)NCCCCCNC(=O)Cc1cc(=O)oc2cc(O[C@@H]3O[C@H](COS(=O)(=O)O)[C@@H](O)[C@H](O)[C@H]3O)ccc12. The topological polar surface area (TPSA) is 240 Å². The summed E-state index contributed by atoms with van der Waals surface area (Å²) in [5.41, 5.74) is -0.870. The molecule has 0 spiro atoms. The highest BCUT2D eigenvalue weighted by atomic mass is 32.3. The van der Waals surface area contributed by atoms with Crippen LogP contribution in [0.5, 0.6) is 5.75 Å². The van der Waals surface area contributed by atoms with Crippen molar-refractivity contribution in [1.29, 1.82) is 0 Å². The monoisotopic (exact) mass is 646 g/mol. The molecule has 1 aromatic carbocycles. The van der Waals surface area contributed by atoms with Gasteiger partial charge in [0.05, 0.1) is 13.0 Å². The number of carbonyl (C=O) groups excluding carboxylic acids is 2. The van der Waals surface area contributed by atoms with E-state index in [9.17, 15) is 38.1 Å². The minimum atomic E-state index is -4.88. The number of fused-ring (bicyclic) bond motifs is 1. The van der Waals surface area contributed by atoms with Gasteiger partial charge in [-0.15, -0.1) is 0 Å². The van der Waals surface area contributed by atoms with Gasteiger partial charge < -0.3 is 44.6 Å². The number of carbonyl (C=O) groups is 2. The number of hydrogen-bond acceptors (Lipinski definition) is 13. The maximum atomic E-state index is 12.6. The summed E-state index contributed by atoms with van der Waals surface area (Å²) in [6.45, 7) is 5.28. The molecule has 0 radical (unpaired) electrons. The Morgan fingerprint density at radius 2 is 1.66 bits per heavy atom. The van der Waals surface area contributed by atoms with E-state index in [1.54, 1.807) is 20.8 Å². The average Bonchev–Trinajstić information content (AvgIpc) is 2.90. The second kappa shape index (κ2) is 15.1. The maximum absolute atomic E-state index is 12.6. The van der Waals surface area contributed by atoms with E-state index in [2.05, 4.69) is 14.8 Å². The van der Waals surface area contributed by atoms with Crippen molar-refractivity contribution in [3.8, 4) is 5.75 Å². The lowest BCUT2D eigenvalue weighted by Gasteiger charge is -2.39. The molecule has 1 aliphatic heterocycles. The summed E-state index contributed by atoms with van der Waals surface area (Å²) in [4.78, 5) is 36.4. The van der Waals surface area contributed by atoms with E-state index in [0.29, 0.717) is 36.9 Å². The van der Waals surface area contributed by atoms with E-state index in [-0.39, 0.29) is 23.7 Å². The first-order chi connectivity index (χ1) is 20.5. The molecular formula is C27H38N2O14S.